The van der Waals surface area contributed by atoms with E-state index >= 15 is 0 Å². The van der Waals surface area contributed by atoms with Crippen LogP contribution in [0.2, 0.25) is 0 Å². The van der Waals surface area contributed by atoms with Gasteiger partial charge in [0.25, 0.3) is 5.91 Å². The summed E-state index contributed by atoms with van der Waals surface area (Å²) in [6.45, 7) is 2.86. The van der Waals surface area contributed by atoms with Gasteiger partial charge in [0.2, 0.25) is 0 Å². The number of anilines is 1. The second kappa shape index (κ2) is 7.49. The van der Waals surface area contributed by atoms with Crippen molar-refractivity contribution in [3.8, 4) is 0 Å². The van der Waals surface area contributed by atoms with Crippen LogP contribution < -0.4 is 10.2 Å². The second-order valence-corrected chi connectivity index (χ2v) is 6.47. The zero-order valence-electron chi connectivity index (χ0n) is 14.5. The molecule has 0 aliphatic carbocycles. The second-order valence-electron chi connectivity index (χ2n) is 6.47. The molecule has 5 nitrogen and oxygen atoms in total. The molecule has 1 unspecified atom stereocenters. The first-order valence-corrected chi connectivity index (χ1v) is 8.42. The third-order valence-corrected chi connectivity index (χ3v) is 4.66. The number of fused-ring (bicyclic) bond motifs is 1. The maximum atomic E-state index is 12.5. The van der Waals surface area contributed by atoms with Gasteiger partial charge in [-0.25, -0.2) is 4.79 Å². The third kappa shape index (κ3) is 4.06. The average Bonchev–Trinajstić information content (AvgIpc) is 2.62. The molecule has 2 aromatic carbocycles. The van der Waals surface area contributed by atoms with Crippen LogP contribution in [0.5, 0.6) is 0 Å². The molecule has 0 radical (unpaired) electrons. The Balaban J connectivity index is 1.73. The summed E-state index contributed by atoms with van der Waals surface area (Å²) in [4.78, 5) is 25.6. The number of ether oxygens (including phenoxy) is 1. The van der Waals surface area contributed by atoms with Gasteiger partial charge in [0.05, 0.1) is 7.11 Å². The summed E-state index contributed by atoms with van der Waals surface area (Å²) in [6.07, 6.45) is 0.593. The van der Waals surface area contributed by atoms with Crippen LogP contribution in [-0.4, -0.2) is 31.6 Å². The molecule has 2 N–H and O–H groups in total. The van der Waals surface area contributed by atoms with Gasteiger partial charge in [-0.1, -0.05) is 42.0 Å². The highest BCUT2D eigenvalue weighted by Crippen LogP contribution is 2.14. The van der Waals surface area contributed by atoms with Crippen molar-refractivity contribution in [2.24, 2.45) is 0 Å². The van der Waals surface area contributed by atoms with E-state index in [2.05, 4.69) is 11.4 Å². The van der Waals surface area contributed by atoms with Gasteiger partial charge in [-0.15, -0.1) is 0 Å². The molecule has 25 heavy (non-hydrogen) atoms. The number of quaternary nitrogens is 1. The van der Waals surface area contributed by atoms with Crippen LogP contribution in [0.25, 0.3) is 0 Å². The molecule has 1 aliphatic heterocycles. The highest BCUT2D eigenvalue weighted by molar-refractivity contribution is 5.91. The molecule has 130 valence electrons. The normalized spacial score (nSPS) is 19.0. The Bertz CT molecular complexity index is 771. The largest absolute Gasteiger partial charge is 0.465 e. The number of hydrogen-bond acceptors (Lipinski definition) is 3. The van der Waals surface area contributed by atoms with E-state index in [1.807, 2.05) is 49.4 Å². The molecular weight excluding hydrogens is 316 g/mol. The number of aryl methyl sites for hydroxylation is 1. The first-order chi connectivity index (χ1) is 12.1. The Morgan fingerprint density at radius 1 is 1.12 bits per heavy atom. The number of rotatable bonds is 4. The van der Waals surface area contributed by atoms with E-state index in [9.17, 15) is 9.59 Å². The number of benzene rings is 2. The smallest absolute Gasteiger partial charge is 0.365 e. The molecule has 5 heteroatoms. The SMILES string of the molecule is COC(=O)[C@@H]1Cc2ccccc2C[NH+]1CC(=O)Nc1ccc(C)cc1. The molecule has 3 rings (SSSR count). The Morgan fingerprint density at radius 2 is 1.80 bits per heavy atom. The molecular formula is C20H23N2O3+. The molecule has 0 aromatic heterocycles. The molecule has 0 bridgehead atoms. The van der Waals surface area contributed by atoms with E-state index in [0.717, 1.165) is 21.7 Å². The van der Waals surface area contributed by atoms with Crippen molar-refractivity contribution in [3.05, 3.63) is 65.2 Å². The van der Waals surface area contributed by atoms with Gasteiger partial charge in [0.15, 0.2) is 12.6 Å². The lowest BCUT2D eigenvalue weighted by molar-refractivity contribution is -0.924. The highest BCUT2D eigenvalue weighted by Gasteiger charge is 2.37. The number of methoxy groups -OCH3 is 1. The molecule has 1 aliphatic rings. The van der Waals surface area contributed by atoms with Gasteiger partial charge in [-0.2, -0.15) is 0 Å². The van der Waals surface area contributed by atoms with Crippen LogP contribution in [0.4, 0.5) is 5.69 Å². The summed E-state index contributed by atoms with van der Waals surface area (Å²) >= 11 is 0. The maximum absolute atomic E-state index is 12.5. The molecule has 1 amide bonds. The minimum Gasteiger partial charge on any atom is -0.465 e. The zero-order valence-corrected chi connectivity index (χ0v) is 14.5. The van der Waals surface area contributed by atoms with Crippen LogP contribution in [0, 0.1) is 6.92 Å². The first-order valence-electron chi connectivity index (χ1n) is 8.42. The van der Waals surface area contributed by atoms with Crippen LogP contribution in [0.3, 0.4) is 0 Å². The fourth-order valence-corrected chi connectivity index (χ4v) is 3.29. The number of nitrogens with one attached hydrogen (secondary N) is 2. The molecule has 0 fully saturated rings. The summed E-state index contributed by atoms with van der Waals surface area (Å²) in [5.74, 6) is -0.375. The van der Waals surface area contributed by atoms with Gasteiger partial charge in [-0.3, -0.25) is 4.79 Å². The zero-order chi connectivity index (χ0) is 17.8. The van der Waals surface area contributed by atoms with Crippen LogP contribution in [0.15, 0.2) is 48.5 Å². The molecule has 0 saturated carbocycles. The number of carbonyl (C=O) groups excluding carboxylic acids is 2. The molecule has 2 atom stereocenters. The van der Waals surface area contributed by atoms with Crippen molar-refractivity contribution >= 4 is 17.6 Å². The number of amides is 1. The third-order valence-electron chi connectivity index (χ3n) is 4.66. The Hall–Kier alpha value is -2.66. The van der Waals surface area contributed by atoms with Crippen molar-refractivity contribution in [2.45, 2.75) is 25.9 Å². The predicted octanol–water partition coefficient (Wildman–Crippen LogP) is 1.12. The van der Waals surface area contributed by atoms with Gasteiger partial charge in [0.1, 0.15) is 6.54 Å². The van der Waals surface area contributed by atoms with Crippen molar-refractivity contribution < 1.29 is 19.2 Å². The van der Waals surface area contributed by atoms with E-state index in [1.165, 1.54) is 12.7 Å². The molecule has 0 spiro atoms. The van der Waals surface area contributed by atoms with Crippen molar-refractivity contribution in [2.75, 3.05) is 19.0 Å². The fraction of sp³-hybridized carbons (Fsp3) is 0.300. The lowest BCUT2D eigenvalue weighted by Crippen LogP contribution is -3.17. The quantitative estimate of drug-likeness (QED) is 0.821. The summed E-state index contributed by atoms with van der Waals surface area (Å²) < 4.78 is 4.96. The van der Waals surface area contributed by atoms with Gasteiger partial charge < -0.3 is 15.0 Å². The summed E-state index contributed by atoms with van der Waals surface area (Å²) in [5, 5.41) is 2.91. The summed E-state index contributed by atoms with van der Waals surface area (Å²) in [5.41, 5.74) is 4.24. The Morgan fingerprint density at radius 3 is 2.48 bits per heavy atom. The van der Waals surface area contributed by atoms with E-state index in [4.69, 9.17) is 4.74 Å². The lowest BCUT2D eigenvalue weighted by Gasteiger charge is -2.31. The summed E-state index contributed by atoms with van der Waals surface area (Å²) in [7, 11) is 1.40. The number of carbonyl (C=O) groups is 2. The Labute approximate surface area is 147 Å². The van der Waals surface area contributed by atoms with E-state index in [1.54, 1.807) is 0 Å². The van der Waals surface area contributed by atoms with Gasteiger partial charge >= 0.3 is 5.97 Å². The minimum atomic E-state index is -0.358. The van der Waals surface area contributed by atoms with Gasteiger partial charge in [-0.05, 0) is 24.6 Å². The summed E-state index contributed by atoms with van der Waals surface area (Å²) in [6, 6.07) is 15.4. The highest BCUT2D eigenvalue weighted by atomic mass is 16.5. The Kier molecular flexibility index (Phi) is 5.14. The average molecular weight is 339 g/mol. The van der Waals surface area contributed by atoms with Crippen LogP contribution in [-0.2, 0) is 27.3 Å². The molecule has 0 saturated heterocycles. The van der Waals surface area contributed by atoms with E-state index in [-0.39, 0.29) is 24.5 Å². The molecule has 1 heterocycles. The van der Waals surface area contributed by atoms with Crippen LogP contribution in [0.1, 0.15) is 16.7 Å². The van der Waals surface area contributed by atoms with Crippen molar-refractivity contribution in [3.63, 3.8) is 0 Å². The van der Waals surface area contributed by atoms with Crippen molar-refractivity contribution in [1.82, 2.24) is 0 Å². The lowest BCUT2D eigenvalue weighted by atomic mass is 9.94. The van der Waals surface area contributed by atoms with Crippen LogP contribution >= 0.6 is 0 Å². The van der Waals surface area contributed by atoms with Crippen molar-refractivity contribution in [1.29, 1.82) is 0 Å². The standard InChI is InChI=1S/C20H22N2O3/c1-14-7-9-17(10-8-14)21-19(23)13-22-12-16-6-4-3-5-15(16)11-18(22)20(24)25-2/h3-10,18H,11-13H2,1-2H3,(H,21,23)/p+1/t18-/m0/s1. The van der Waals surface area contributed by atoms with Gasteiger partial charge in [0, 0.05) is 17.7 Å². The monoisotopic (exact) mass is 339 g/mol. The van der Waals surface area contributed by atoms with E-state index in [0.29, 0.717) is 13.0 Å². The molecule has 2 aromatic rings. The number of hydrogen-bond donors (Lipinski definition) is 2. The first kappa shape index (κ1) is 17.2. The topological polar surface area (TPSA) is 59.8 Å². The minimum absolute atomic E-state index is 0.105. The fourth-order valence-electron chi connectivity index (χ4n) is 3.29. The maximum Gasteiger partial charge on any atom is 0.365 e. The predicted molar refractivity (Wildman–Crippen MR) is 95.3 cm³/mol. The number of esters is 1. The van der Waals surface area contributed by atoms with E-state index < -0.39 is 0 Å².